The molecule has 9 heteroatoms. The van der Waals surface area contributed by atoms with Gasteiger partial charge in [0, 0.05) is 12.8 Å². The summed E-state index contributed by atoms with van der Waals surface area (Å²) in [5.74, 6) is -2.33. The molecule has 0 heterocycles. The van der Waals surface area contributed by atoms with Crippen molar-refractivity contribution in [3.05, 3.63) is 170 Å². The Bertz CT molecular complexity index is 2070. The Balaban J connectivity index is 4.24. The Morgan fingerprint density at radius 1 is 0.348 bits per heavy atom. The fourth-order valence-corrected chi connectivity index (χ4v) is 9.08. The molecular formula is C80H129NO8. The number of esters is 2. The zero-order valence-corrected chi connectivity index (χ0v) is 57.2. The van der Waals surface area contributed by atoms with E-state index < -0.39 is 24.3 Å². The number of hydrogen-bond acceptors (Lipinski definition) is 8. The van der Waals surface area contributed by atoms with Crippen LogP contribution in [0.25, 0.3) is 0 Å². The molecule has 0 aliphatic rings. The molecule has 0 aliphatic carbocycles. The Hall–Kier alpha value is -5.35. The average molecular weight is 1230 g/mol. The van der Waals surface area contributed by atoms with Crippen LogP contribution in [0.2, 0.25) is 0 Å². The Kier molecular flexibility index (Phi) is 64.4. The number of carboxylic acids is 1. The summed E-state index contributed by atoms with van der Waals surface area (Å²) in [4.78, 5) is 37.5. The molecule has 89 heavy (non-hydrogen) atoms. The van der Waals surface area contributed by atoms with E-state index in [1.165, 1.54) is 96.3 Å². The van der Waals surface area contributed by atoms with Crippen LogP contribution in [-0.4, -0.2) is 82.3 Å². The normalized spacial score (nSPS) is 13.8. The molecule has 2 atom stereocenters. The second-order valence-corrected chi connectivity index (χ2v) is 24.1. The molecular weight excluding hydrogens is 1100 g/mol. The number of likely N-dealkylation sites (N-methyl/N-ethyl adjacent to an activating group) is 1. The third kappa shape index (κ3) is 70.0. The molecule has 0 amide bonds. The maximum Gasteiger partial charge on any atom is 0.306 e. The van der Waals surface area contributed by atoms with Gasteiger partial charge < -0.3 is 33.3 Å². The van der Waals surface area contributed by atoms with E-state index in [0.717, 1.165) is 128 Å². The molecule has 0 radical (unpaired) electrons. The summed E-state index contributed by atoms with van der Waals surface area (Å²) in [6, 6.07) is 0. The molecule has 0 saturated heterocycles. The second-order valence-electron chi connectivity index (χ2n) is 24.1. The van der Waals surface area contributed by atoms with E-state index in [0.29, 0.717) is 17.4 Å². The summed E-state index contributed by atoms with van der Waals surface area (Å²) in [5.41, 5.74) is 0. The lowest BCUT2D eigenvalue weighted by molar-refractivity contribution is -0.870. The van der Waals surface area contributed by atoms with Gasteiger partial charge >= 0.3 is 11.9 Å². The molecule has 0 bridgehead atoms. The van der Waals surface area contributed by atoms with Gasteiger partial charge in [0.25, 0.3) is 0 Å². The fraction of sp³-hybridized carbons (Fsp3) is 0.613. The molecule has 9 nitrogen and oxygen atoms in total. The highest BCUT2D eigenvalue weighted by atomic mass is 16.7. The minimum Gasteiger partial charge on any atom is -0.545 e. The zero-order chi connectivity index (χ0) is 64.7. The van der Waals surface area contributed by atoms with Crippen LogP contribution in [0.5, 0.6) is 0 Å². The maximum atomic E-state index is 12.9. The average Bonchev–Trinajstić information content (AvgIpc) is 3.64. The Morgan fingerprint density at radius 2 is 0.640 bits per heavy atom. The van der Waals surface area contributed by atoms with Crippen LogP contribution >= 0.6 is 0 Å². The van der Waals surface area contributed by atoms with Crippen molar-refractivity contribution in [2.75, 3.05) is 47.5 Å². The highest BCUT2D eigenvalue weighted by molar-refractivity contribution is 5.70. The van der Waals surface area contributed by atoms with Gasteiger partial charge in [-0.2, -0.15) is 0 Å². The van der Waals surface area contributed by atoms with Crippen molar-refractivity contribution in [3.8, 4) is 0 Å². The summed E-state index contributed by atoms with van der Waals surface area (Å²) < 4.78 is 22.7. The van der Waals surface area contributed by atoms with E-state index in [-0.39, 0.29) is 38.6 Å². The molecule has 0 aromatic carbocycles. The van der Waals surface area contributed by atoms with Crippen molar-refractivity contribution in [2.24, 2.45) is 0 Å². The monoisotopic (exact) mass is 1230 g/mol. The van der Waals surface area contributed by atoms with Gasteiger partial charge in [-0.05, 0) is 135 Å². The highest BCUT2D eigenvalue weighted by Crippen LogP contribution is 2.15. The largest absolute Gasteiger partial charge is 0.545 e. The summed E-state index contributed by atoms with van der Waals surface area (Å²) in [7, 11) is 5.91. The van der Waals surface area contributed by atoms with Gasteiger partial charge in [-0.3, -0.25) is 9.59 Å². The quantitative estimate of drug-likeness (QED) is 0.0195. The van der Waals surface area contributed by atoms with Crippen molar-refractivity contribution >= 4 is 17.9 Å². The van der Waals surface area contributed by atoms with Crippen LogP contribution in [0.4, 0.5) is 0 Å². The molecule has 0 spiro atoms. The Morgan fingerprint density at radius 3 is 0.955 bits per heavy atom. The third-order valence-electron chi connectivity index (χ3n) is 14.4. The molecule has 0 N–H and O–H groups in total. The lowest BCUT2D eigenvalue weighted by Crippen LogP contribution is -2.44. The number of rotatable bonds is 63. The van der Waals surface area contributed by atoms with Gasteiger partial charge in [0.15, 0.2) is 12.4 Å². The first-order chi connectivity index (χ1) is 43.6. The molecule has 0 fully saturated rings. The minimum absolute atomic E-state index is 0.133. The van der Waals surface area contributed by atoms with E-state index in [4.69, 9.17) is 18.9 Å². The van der Waals surface area contributed by atoms with Crippen molar-refractivity contribution < 1.29 is 42.9 Å². The Labute approximate surface area is 546 Å². The van der Waals surface area contributed by atoms with Crippen LogP contribution in [0.1, 0.15) is 258 Å². The fourth-order valence-electron chi connectivity index (χ4n) is 9.08. The predicted molar refractivity (Wildman–Crippen MR) is 379 cm³/mol. The van der Waals surface area contributed by atoms with Gasteiger partial charge in [0.2, 0.25) is 0 Å². The lowest BCUT2D eigenvalue weighted by Gasteiger charge is -2.26. The molecule has 0 aromatic heterocycles. The number of quaternary nitrogens is 1. The van der Waals surface area contributed by atoms with E-state index >= 15 is 0 Å². The molecule has 2 unspecified atom stereocenters. The number of unbranched alkanes of at least 4 members (excludes halogenated alkanes) is 20. The standard InChI is InChI=1S/C80H129NO8/c1-6-8-10-12-14-16-18-20-22-24-26-28-30-31-32-33-34-35-36-37-38-39-40-41-42-43-44-45-46-47-49-51-53-55-57-59-61-63-65-67-69-71-78(83)89-76(75-88-80(79(84)85)86-73-72-81(3,4)5)74-87-77(82)70-68-66-64-62-60-58-56-54-52-50-48-29-27-25-23-21-19-17-15-13-11-9-7-2/h8,10,14,16,19-22,25-28,31-32,34-35,37-38,40-41,43-44,46-47,51,53,57,59,76,80H,6-7,9,11-13,15,17-18,23-24,29-30,33,36,39,42,45,48-50,52,54-56,58,60-75H2,1-5H3/b10-8-,16-14-,21-19-,22-20-,27-25-,28-26-,32-31-,35-34-,38-37-,41-40-,44-43-,47-46-,53-51-,59-57-. The molecule has 0 aromatic rings. The van der Waals surface area contributed by atoms with Gasteiger partial charge in [0.1, 0.15) is 13.2 Å². The lowest BCUT2D eigenvalue weighted by atomic mass is 10.0. The third-order valence-corrected chi connectivity index (χ3v) is 14.4. The van der Waals surface area contributed by atoms with E-state index in [1.54, 1.807) is 0 Å². The number of nitrogens with zero attached hydrogens (tertiary/aromatic N) is 1. The van der Waals surface area contributed by atoms with Crippen LogP contribution < -0.4 is 5.11 Å². The maximum absolute atomic E-state index is 12.9. The molecule has 502 valence electrons. The highest BCUT2D eigenvalue weighted by Gasteiger charge is 2.22. The zero-order valence-electron chi connectivity index (χ0n) is 57.2. The van der Waals surface area contributed by atoms with E-state index in [2.05, 4.69) is 184 Å². The predicted octanol–water partition coefficient (Wildman–Crippen LogP) is 20.9. The number of carboxylic acid groups (broad SMARTS) is 1. The topological polar surface area (TPSA) is 111 Å². The van der Waals surface area contributed by atoms with Crippen molar-refractivity contribution in [2.45, 2.75) is 270 Å². The van der Waals surface area contributed by atoms with Crippen LogP contribution in [0.3, 0.4) is 0 Å². The number of hydrogen-bond donors (Lipinski definition) is 0. The first kappa shape index (κ1) is 83.7. The SMILES string of the molecule is CC/C=C\C/C=C\C/C=C\C/C=C\C/C=C\C/C=C\C/C=C\C/C=C\C/C=C\C/C=C\C/C=C\C/C=C\CCCCCCC(=O)OC(COC(=O)CCCCCCCCCCCCC/C=C\C/C=C\CCCCCCC)COC(OCC[N+](C)(C)C)C(=O)[O-]. The van der Waals surface area contributed by atoms with E-state index in [1.807, 2.05) is 21.1 Å². The van der Waals surface area contributed by atoms with Gasteiger partial charge in [-0.25, -0.2) is 0 Å². The smallest absolute Gasteiger partial charge is 0.306 e. The summed E-state index contributed by atoms with van der Waals surface area (Å²) in [6.45, 7) is 4.58. The summed E-state index contributed by atoms with van der Waals surface area (Å²) in [5, 5.41) is 11.8. The minimum atomic E-state index is -1.64. The van der Waals surface area contributed by atoms with Gasteiger partial charge in [-0.15, -0.1) is 0 Å². The van der Waals surface area contributed by atoms with Crippen molar-refractivity contribution in [1.82, 2.24) is 0 Å². The molecule has 0 saturated carbocycles. The molecule has 0 rings (SSSR count). The van der Waals surface area contributed by atoms with Crippen molar-refractivity contribution in [1.29, 1.82) is 0 Å². The van der Waals surface area contributed by atoms with Gasteiger partial charge in [-0.1, -0.05) is 280 Å². The number of carbonyl (C=O) groups excluding carboxylic acids is 3. The summed E-state index contributed by atoms with van der Waals surface area (Å²) >= 11 is 0. The number of allylic oxidation sites excluding steroid dienone is 28. The summed E-state index contributed by atoms with van der Waals surface area (Å²) in [6.07, 6.45) is 100.0. The number of ether oxygens (including phenoxy) is 4. The van der Waals surface area contributed by atoms with Gasteiger partial charge in [0.05, 0.1) is 40.3 Å². The number of aliphatic carboxylic acids is 1. The number of carbonyl (C=O) groups is 3. The first-order valence-electron chi connectivity index (χ1n) is 35.3. The van der Waals surface area contributed by atoms with Crippen LogP contribution in [-0.2, 0) is 33.3 Å². The van der Waals surface area contributed by atoms with E-state index in [9.17, 15) is 19.5 Å². The first-order valence-corrected chi connectivity index (χ1v) is 35.3. The van der Waals surface area contributed by atoms with Crippen molar-refractivity contribution in [3.63, 3.8) is 0 Å². The van der Waals surface area contributed by atoms with Crippen LogP contribution in [0, 0.1) is 0 Å². The molecule has 0 aliphatic heterocycles. The second kappa shape index (κ2) is 68.6. The van der Waals surface area contributed by atoms with Crippen LogP contribution in [0.15, 0.2) is 170 Å².